The number of Topliss-reactive ketones (excluding diaryl/α,β-unsaturated/α-hetero) is 1. The Kier molecular flexibility index (Phi) is 4.54. The van der Waals surface area contributed by atoms with Crippen LogP contribution in [0.1, 0.15) is 30.1 Å². The lowest BCUT2D eigenvalue weighted by molar-refractivity contribution is -0.138. The average Bonchev–Trinajstić information content (AvgIpc) is 2.29. The Morgan fingerprint density at radius 2 is 1.87 bits per heavy atom. The lowest BCUT2D eigenvalue weighted by Gasteiger charge is -2.02. The molecule has 0 unspecified atom stereocenters. The number of carbonyl (C=O) groups excluding carboxylic acids is 2. The van der Waals surface area contributed by atoms with Gasteiger partial charge in [0.1, 0.15) is 0 Å². The molecule has 0 saturated heterocycles. The number of esters is 1. The summed E-state index contributed by atoms with van der Waals surface area (Å²) in [6.45, 7) is 2.31. The van der Waals surface area contributed by atoms with Crippen molar-refractivity contribution in [2.24, 2.45) is 0 Å². The first-order valence-electron chi connectivity index (χ1n) is 5.02. The number of hydrogen-bond donors (Lipinski definition) is 0. The van der Waals surface area contributed by atoms with Gasteiger partial charge in [-0.15, -0.1) is 0 Å². The quantitative estimate of drug-likeness (QED) is 0.321. The summed E-state index contributed by atoms with van der Waals surface area (Å²) in [4.78, 5) is 22.7. The van der Waals surface area contributed by atoms with Crippen LogP contribution in [0.3, 0.4) is 0 Å². The van der Waals surface area contributed by atoms with E-state index >= 15 is 0 Å². The Hall–Kier alpha value is -1.64. The number of ketones is 1. The van der Waals surface area contributed by atoms with Crippen molar-refractivity contribution in [1.29, 1.82) is 0 Å². The van der Waals surface area contributed by atoms with E-state index < -0.39 is 11.8 Å². The zero-order chi connectivity index (χ0) is 11.1. The maximum atomic E-state index is 11.5. The van der Waals surface area contributed by atoms with Gasteiger partial charge in [-0.1, -0.05) is 43.7 Å². The summed E-state index contributed by atoms with van der Waals surface area (Å²) in [7, 11) is 0. The largest absolute Gasteiger partial charge is 0.460 e. The standard InChI is InChI=1S/C12H14O3/c1-2-3-9-15-12(14)11(13)10-7-5-4-6-8-10/h4-8H,2-3,9H2,1H3. The van der Waals surface area contributed by atoms with Crippen LogP contribution in [0, 0.1) is 0 Å². The first-order chi connectivity index (χ1) is 7.25. The fourth-order valence-corrected chi connectivity index (χ4v) is 1.08. The highest BCUT2D eigenvalue weighted by Crippen LogP contribution is 2.01. The maximum Gasteiger partial charge on any atom is 0.379 e. The van der Waals surface area contributed by atoms with Gasteiger partial charge in [-0.3, -0.25) is 4.79 Å². The van der Waals surface area contributed by atoms with Crippen LogP contribution in [-0.4, -0.2) is 18.4 Å². The van der Waals surface area contributed by atoms with Crippen LogP contribution in [-0.2, 0) is 9.53 Å². The molecule has 3 heteroatoms. The highest BCUT2D eigenvalue weighted by Gasteiger charge is 2.16. The van der Waals surface area contributed by atoms with Crippen LogP contribution in [0.4, 0.5) is 0 Å². The predicted molar refractivity (Wildman–Crippen MR) is 56.6 cm³/mol. The number of rotatable bonds is 5. The third-order valence-corrected chi connectivity index (χ3v) is 1.95. The summed E-state index contributed by atoms with van der Waals surface area (Å²) in [5.41, 5.74) is 0.374. The van der Waals surface area contributed by atoms with Crippen molar-refractivity contribution in [3.63, 3.8) is 0 Å². The second-order valence-electron chi connectivity index (χ2n) is 3.18. The van der Waals surface area contributed by atoms with Crippen molar-refractivity contribution in [3.8, 4) is 0 Å². The summed E-state index contributed by atoms with van der Waals surface area (Å²) in [6, 6.07) is 8.42. The smallest absolute Gasteiger partial charge is 0.379 e. The average molecular weight is 206 g/mol. The lowest BCUT2D eigenvalue weighted by atomic mass is 10.1. The van der Waals surface area contributed by atoms with E-state index in [1.807, 2.05) is 6.92 Å². The molecular weight excluding hydrogens is 192 g/mol. The highest BCUT2D eigenvalue weighted by atomic mass is 16.5. The number of hydrogen-bond acceptors (Lipinski definition) is 3. The molecule has 0 radical (unpaired) electrons. The number of carbonyl (C=O) groups is 2. The molecule has 0 aliphatic rings. The molecule has 1 rings (SSSR count). The van der Waals surface area contributed by atoms with Crippen molar-refractivity contribution in [3.05, 3.63) is 35.9 Å². The van der Waals surface area contributed by atoms with Gasteiger partial charge in [0.25, 0.3) is 5.78 Å². The molecule has 1 aromatic rings. The van der Waals surface area contributed by atoms with Gasteiger partial charge >= 0.3 is 5.97 Å². The van der Waals surface area contributed by atoms with Crippen LogP contribution in [0.2, 0.25) is 0 Å². The van der Waals surface area contributed by atoms with Crippen molar-refractivity contribution in [2.75, 3.05) is 6.61 Å². The first kappa shape index (κ1) is 11.4. The van der Waals surface area contributed by atoms with Crippen LogP contribution in [0.15, 0.2) is 30.3 Å². The van der Waals surface area contributed by atoms with E-state index in [-0.39, 0.29) is 0 Å². The van der Waals surface area contributed by atoms with Crippen molar-refractivity contribution < 1.29 is 14.3 Å². The normalized spacial score (nSPS) is 9.67. The summed E-state index contributed by atoms with van der Waals surface area (Å²) in [5.74, 6) is -1.35. The molecule has 0 aliphatic heterocycles. The minimum absolute atomic E-state index is 0.313. The Labute approximate surface area is 89.1 Å². The SMILES string of the molecule is CCCCOC(=O)C(=O)c1ccccc1. The molecule has 0 fully saturated rings. The van der Waals surface area contributed by atoms with Crippen molar-refractivity contribution >= 4 is 11.8 Å². The highest BCUT2D eigenvalue weighted by molar-refractivity contribution is 6.40. The van der Waals surface area contributed by atoms with Gasteiger partial charge in [0.2, 0.25) is 0 Å². The van der Waals surface area contributed by atoms with E-state index in [0.29, 0.717) is 12.2 Å². The molecule has 15 heavy (non-hydrogen) atoms. The molecule has 1 aromatic carbocycles. The van der Waals surface area contributed by atoms with Gasteiger partial charge in [-0.05, 0) is 6.42 Å². The molecule has 0 amide bonds. The van der Waals surface area contributed by atoms with Gasteiger partial charge in [-0.2, -0.15) is 0 Å². The minimum Gasteiger partial charge on any atom is -0.460 e. The summed E-state index contributed by atoms with van der Waals surface area (Å²) < 4.78 is 4.81. The Morgan fingerprint density at radius 1 is 1.20 bits per heavy atom. The Bertz CT molecular complexity index is 330. The molecular formula is C12H14O3. The van der Waals surface area contributed by atoms with E-state index in [9.17, 15) is 9.59 Å². The van der Waals surface area contributed by atoms with E-state index in [1.165, 1.54) is 0 Å². The molecule has 0 spiro atoms. The molecule has 0 heterocycles. The summed E-state index contributed by atoms with van der Waals surface area (Å²) in [6.07, 6.45) is 1.72. The number of ether oxygens (including phenoxy) is 1. The number of unbranched alkanes of at least 4 members (excludes halogenated alkanes) is 1. The molecule has 0 aromatic heterocycles. The summed E-state index contributed by atoms with van der Waals surface area (Å²) >= 11 is 0. The molecule has 0 saturated carbocycles. The summed E-state index contributed by atoms with van der Waals surface area (Å²) in [5, 5.41) is 0. The minimum atomic E-state index is -0.769. The van der Waals surface area contributed by atoms with E-state index in [2.05, 4.69) is 0 Å². The van der Waals surface area contributed by atoms with Crippen molar-refractivity contribution in [2.45, 2.75) is 19.8 Å². The molecule has 0 atom stereocenters. The second-order valence-corrected chi connectivity index (χ2v) is 3.18. The van der Waals surface area contributed by atoms with Gasteiger partial charge < -0.3 is 4.74 Å². The maximum absolute atomic E-state index is 11.5. The topological polar surface area (TPSA) is 43.4 Å². The fourth-order valence-electron chi connectivity index (χ4n) is 1.08. The third-order valence-electron chi connectivity index (χ3n) is 1.95. The van der Waals surface area contributed by atoms with Gasteiger partial charge in [0.05, 0.1) is 6.61 Å². The zero-order valence-corrected chi connectivity index (χ0v) is 8.73. The Balaban J connectivity index is 2.50. The third kappa shape index (κ3) is 3.54. The Morgan fingerprint density at radius 3 is 2.47 bits per heavy atom. The monoisotopic (exact) mass is 206 g/mol. The molecule has 0 bridgehead atoms. The number of benzene rings is 1. The van der Waals surface area contributed by atoms with Crippen LogP contribution in [0.5, 0.6) is 0 Å². The first-order valence-corrected chi connectivity index (χ1v) is 5.02. The molecule has 0 aliphatic carbocycles. The molecule has 80 valence electrons. The van der Waals surface area contributed by atoms with E-state index in [1.54, 1.807) is 30.3 Å². The van der Waals surface area contributed by atoms with Crippen LogP contribution in [0.25, 0.3) is 0 Å². The van der Waals surface area contributed by atoms with Gasteiger partial charge in [0, 0.05) is 5.56 Å². The van der Waals surface area contributed by atoms with Crippen LogP contribution >= 0.6 is 0 Å². The van der Waals surface area contributed by atoms with Crippen molar-refractivity contribution in [1.82, 2.24) is 0 Å². The predicted octanol–water partition coefficient (Wildman–Crippen LogP) is 2.21. The second kappa shape index (κ2) is 5.96. The van der Waals surface area contributed by atoms with Gasteiger partial charge in [-0.25, -0.2) is 4.79 Å². The molecule has 3 nitrogen and oxygen atoms in total. The molecule has 0 N–H and O–H groups in total. The lowest BCUT2D eigenvalue weighted by Crippen LogP contribution is -2.18. The van der Waals surface area contributed by atoms with E-state index in [0.717, 1.165) is 12.8 Å². The van der Waals surface area contributed by atoms with Gasteiger partial charge in [0.15, 0.2) is 0 Å². The fraction of sp³-hybridized carbons (Fsp3) is 0.333. The van der Waals surface area contributed by atoms with E-state index in [4.69, 9.17) is 4.74 Å². The zero-order valence-electron chi connectivity index (χ0n) is 8.73. The van der Waals surface area contributed by atoms with Crippen LogP contribution < -0.4 is 0 Å².